The number of para-hydroxylation sites is 1. The van der Waals surface area contributed by atoms with Gasteiger partial charge in [-0.3, -0.25) is 0 Å². The number of hydrogen-bond donors (Lipinski definition) is 0. The van der Waals surface area contributed by atoms with Gasteiger partial charge in [-0.25, -0.2) is 0 Å². The summed E-state index contributed by atoms with van der Waals surface area (Å²) in [5.41, 5.74) is 2.14. The van der Waals surface area contributed by atoms with Gasteiger partial charge in [0.15, 0.2) is 6.23 Å². The molecular formula is C16H20BN2O3+. The van der Waals surface area contributed by atoms with E-state index in [-0.39, 0.29) is 6.23 Å². The molecule has 0 bridgehead atoms. The highest BCUT2D eigenvalue weighted by Gasteiger charge is 2.48. The fourth-order valence-electron chi connectivity index (χ4n) is 3.36. The van der Waals surface area contributed by atoms with Crippen LogP contribution in [0.3, 0.4) is 0 Å². The van der Waals surface area contributed by atoms with Crippen LogP contribution in [0.15, 0.2) is 30.8 Å². The van der Waals surface area contributed by atoms with E-state index in [4.69, 9.17) is 14.0 Å². The Labute approximate surface area is 130 Å². The Morgan fingerprint density at radius 1 is 1.18 bits per heavy atom. The Bertz CT molecular complexity index is 688. The van der Waals surface area contributed by atoms with Crippen molar-refractivity contribution >= 4 is 24.2 Å². The van der Waals surface area contributed by atoms with Gasteiger partial charge in [-0.05, 0) is 31.4 Å². The minimum atomic E-state index is -0.411. The number of benzene rings is 1. The molecule has 0 spiro atoms. The maximum absolute atomic E-state index is 6.03. The zero-order valence-corrected chi connectivity index (χ0v) is 12.6. The number of aromatic nitrogens is 2. The van der Waals surface area contributed by atoms with E-state index in [0.29, 0.717) is 13.2 Å². The molecule has 4 rings (SSSR count). The molecule has 2 fully saturated rings. The van der Waals surface area contributed by atoms with Crippen molar-refractivity contribution in [3.63, 3.8) is 0 Å². The standard InChI is InChI=1S/C16H20BN2O3/c1-2-14-13-7-3-4-8-15(13)18(16-9-5-6-10-20-16)19(14)17-21-11-12-22-17/h2-4,7-8,16H,1,5-6,9-12H2/q+1. The van der Waals surface area contributed by atoms with E-state index in [0.717, 1.165) is 36.0 Å². The van der Waals surface area contributed by atoms with Gasteiger partial charge < -0.3 is 14.0 Å². The van der Waals surface area contributed by atoms with E-state index >= 15 is 0 Å². The number of nitrogens with zero attached hydrogens (tertiary/aromatic N) is 2. The van der Waals surface area contributed by atoms with Gasteiger partial charge >= 0.3 is 7.25 Å². The molecule has 2 aliphatic rings. The third kappa shape index (κ3) is 2.19. The van der Waals surface area contributed by atoms with Crippen LogP contribution in [0.25, 0.3) is 17.0 Å². The topological polar surface area (TPSA) is 36.5 Å². The molecule has 1 aromatic heterocycles. The molecule has 0 aliphatic carbocycles. The summed E-state index contributed by atoms with van der Waals surface area (Å²) < 4.78 is 21.8. The first-order valence-electron chi connectivity index (χ1n) is 7.92. The third-order valence-corrected chi connectivity index (χ3v) is 4.33. The van der Waals surface area contributed by atoms with Crippen molar-refractivity contribution < 1.29 is 18.6 Å². The van der Waals surface area contributed by atoms with Crippen molar-refractivity contribution in [1.82, 2.24) is 4.68 Å². The molecule has 1 unspecified atom stereocenters. The van der Waals surface area contributed by atoms with Gasteiger partial charge in [-0.2, -0.15) is 0 Å². The summed E-state index contributed by atoms with van der Waals surface area (Å²) in [7, 11) is -0.411. The fourth-order valence-corrected chi connectivity index (χ4v) is 3.36. The first-order valence-corrected chi connectivity index (χ1v) is 7.92. The van der Waals surface area contributed by atoms with Crippen LogP contribution in [0.5, 0.6) is 0 Å². The summed E-state index contributed by atoms with van der Waals surface area (Å²) in [6, 6.07) is 8.32. The lowest BCUT2D eigenvalue weighted by Gasteiger charge is -2.23. The number of ether oxygens (including phenoxy) is 1. The molecule has 2 saturated heterocycles. The smallest absolute Gasteiger partial charge is 0.353 e. The second kappa shape index (κ2) is 5.87. The molecule has 2 aromatic rings. The van der Waals surface area contributed by atoms with E-state index in [1.54, 1.807) is 0 Å². The second-order valence-corrected chi connectivity index (χ2v) is 5.67. The average Bonchev–Trinajstić information content (AvgIpc) is 3.21. The molecule has 6 heteroatoms. The lowest BCUT2D eigenvalue weighted by atomic mass is 10.1. The number of fused-ring (bicyclic) bond motifs is 1. The van der Waals surface area contributed by atoms with Gasteiger partial charge in [-0.15, -0.1) is 9.27 Å². The molecule has 3 heterocycles. The Kier molecular flexibility index (Phi) is 3.74. The summed E-state index contributed by atoms with van der Waals surface area (Å²) >= 11 is 0. The molecular weight excluding hydrogens is 279 g/mol. The normalized spacial score (nSPS) is 22.4. The van der Waals surface area contributed by atoms with E-state index in [1.807, 2.05) is 12.1 Å². The molecule has 0 saturated carbocycles. The highest BCUT2D eigenvalue weighted by molar-refractivity contribution is 6.34. The summed E-state index contributed by atoms with van der Waals surface area (Å²) in [6.45, 7) is 6.01. The monoisotopic (exact) mass is 299 g/mol. The van der Waals surface area contributed by atoms with E-state index in [1.165, 1.54) is 6.42 Å². The molecule has 1 aromatic carbocycles. The van der Waals surface area contributed by atoms with Crippen LogP contribution in [0.2, 0.25) is 0 Å². The van der Waals surface area contributed by atoms with Crippen LogP contribution in [0.1, 0.15) is 31.2 Å². The Hall–Kier alpha value is -1.63. The third-order valence-electron chi connectivity index (χ3n) is 4.33. The van der Waals surface area contributed by atoms with E-state index < -0.39 is 7.25 Å². The van der Waals surface area contributed by atoms with Gasteiger partial charge in [0.2, 0.25) is 5.69 Å². The SMILES string of the molecule is C=Cc1c2ccccc2n(C2CCCCO2)[n+]1B1OCCO1. The van der Waals surface area contributed by atoms with Gasteiger partial charge in [0.25, 0.3) is 0 Å². The van der Waals surface area contributed by atoms with Crippen LogP contribution < -0.4 is 4.59 Å². The lowest BCUT2D eigenvalue weighted by molar-refractivity contribution is -0.661. The van der Waals surface area contributed by atoms with Crippen LogP contribution in [0, 0.1) is 0 Å². The average molecular weight is 299 g/mol. The Morgan fingerprint density at radius 2 is 2.00 bits per heavy atom. The van der Waals surface area contributed by atoms with Gasteiger partial charge in [-0.1, -0.05) is 18.7 Å². The summed E-state index contributed by atoms with van der Waals surface area (Å²) in [5.74, 6) is 0. The first kappa shape index (κ1) is 14.0. The molecule has 22 heavy (non-hydrogen) atoms. The molecule has 0 radical (unpaired) electrons. The quantitative estimate of drug-likeness (QED) is 0.815. The van der Waals surface area contributed by atoms with Crippen molar-refractivity contribution in [2.24, 2.45) is 0 Å². The zero-order valence-electron chi connectivity index (χ0n) is 12.6. The number of hydrogen-bond acceptors (Lipinski definition) is 3. The first-order chi connectivity index (χ1) is 10.9. The van der Waals surface area contributed by atoms with E-state index in [2.05, 4.69) is 34.1 Å². The maximum atomic E-state index is 6.03. The number of rotatable bonds is 3. The molecule has 2 aliphatic heterocycles. The van der Waals surface area contributed by atoms with Crippen molar-refractivity contribution in [2.75, 3.05) is 19.8 Å². The molecule has 0 N–H and O–H groups in total. The summed E-state index contributed by atoms with van der Waals surface area (Å²) in [6.07, 6.45) is 5.18. The Morgan fingerprint density at radius 3 is 2.73 bits per heavy atom. The summed E-state index contributed by atoms with van der Waals surface area (Å²) in [5, 5.41) is 1.14. The zero-order chi connectivity index (χ0) is 14.9. The minimum absolute atomic E-state index is 0.0140. The molecule has 0 amide bonds. The van der Waals surface area contributed by atoms with Crippen molar-refractivity contribution in [1.29, 1.82) is 0 Å². The van der Waals surface area contributed by atoms with Crippen molar-refractivity contribution in [2.45, 2.75) is 25.5 Å². The highest BCUT2D eigenvalue weighted by Crippen LogP contribution is 2.28. The maximum Gasteiger partial charge on any atom is 0.874 e. The predicted octanol–water partition coefficient (Wildman–Crippen LogP) is 2.15. The van der Waals surface area contributed by atoms with Crippen LogP contribution in [0.4, 0.5) is 0 Å². The van der Waals surface area contributed by atoms with Gasteiger partial charge in [0.1, 0.15) is 5.52 Å². The lowest BCUT2D eigenvalue weighted by Crippen LogP contribution is -2.61. The van der Waals surface area contributed by atoms with Crippen molar-refractivity contribution in [3.8, 4) is 0 Å². The van der Waals surface area contributed by atoms with Crippen LogP contribution in [-0.2, 0) is 14.0 Å². The summed E-state index contributed by atoms with van der Waals surface area (Å²) in [4.78, 5) is 0. The van der Waals surface area contributed by atoms with Gasteiger partial charge in [0, 0.05) is 12.7 Å². The van der Waals surface area contributed by atoms with Gasteiger partial charge in [0.05, 0.1) is 18.6 Å². The minimum Gasteiger partial charge on any atom is -0.353 e. The van der Waals surface area contributed by atoms with Crippen molar-refractivity contribution in [3.05, 3.63) is 36.5 Å². The van der Waals surface area contributed by atoms with Crippen LogP contribution in [-0.4, -0.2) is 31.8 Å². The second-order valence-electron chi connectivity index (χ2n) is 5.67. The molecule has 114 valence electrons. The Balaban J connectivity index is 1.94. The largest absolute Gasteiger partial charge is 0.874 e. The van der Waals surface area contributed by atoms with Crippen LogP contribution >= 0.6 is 0 Å². The molecule has 5 nitrogen and oxygen atoms in total. The fraction of sp³-hybridized carbons (Fsp3) is 0.438. The van der Waals surface area contributed by atoms with E-state index in [9.17, 15) is 0 Å². The molecule has 1 atom stereocenters. The highest BCUT2D eigenvalue weighted by atomic mass is 16.6. The predicted molar refractivity (Wildman–Crippen MR) is 84.1 cm³/mol.